The summed E-state index contributed by atoms with van der Waals surface area (Å²) < 4.78 is 5.33. The van der Waals surface area contributed by atoms with E-state index in [1.807, 2.05) is 42.5 Å². The molecule has 1 aliphatic heterocycles. The fourth-order valence-corrected chi connectivity index (χ4v) is 4.18. The molecule has 30 heavy (non-hydrogen) atoms. The molecule has 0 N–H and O–H groups in total. The summed E-state index contributed by atoms with van der Waals surface area (Å²) in [7, 11) is 0. The van der Waals surface area contributed by atoms with Crippen molar-refractivity contribution >= 4 is 11.7 Å². The second kappa shape index (κ2) is 7.90. The predicted octanol–water partition coefficient (Wildman–Crippen LogP) is 4.95. The van der Waals surface area contributed by atoms with E-state index in [1.165, 1.54) is 0 Å². The van der Waals surface area contributed by atoms with Crippen molar-refractivity contribution in [3.63, 3.8) is 0 Å². The average molecular weight is 400 g/mol. The van der Waals surface area contributed by atoms with Crippen molar-refractivity contribution in [3.05, 3.63) is 77.7 Å². The van der Waals surface area contributed by atoms with Gasteiger partial charge < -0.3 is 9.42 Å². The number of amides is 1. The number of likely N-dealkylation sites (tertiary alicyclic amines) is 1. The zero-order valence-electron chi connectivity index (χ0n) is 16.8. The van der Waals surface area contributed by atoms with Crippen LogP contribution in [0.5, 0.6) is 0 Å². The maximum atomic E-state index is 13.1. The second-order valence-electron chi connectivity index (χ2n) is 8.29. The van der Waals surface area contributed by atoms with E-state index in [0.29, 0.717) is 30.3 Å². The van der Waals surface area contributed by atoms with Crippen molar-refractivity contribution in [1.82, 2.24) is 10.1 Å². The molecule has 0 spiro atoms. The first kappa shape index (κ1) is 18.8. The molecule has 0 bridgehead atoms. The monoisotopic (exact) mass is 400 g/mol. The van der Waals surface area contributed by atoms with E-state index in [9.17, 15) is 9.59 Å². The van der Waals surface area contributed by atoms with Crippen LogP contribution >= 0.6 is 0 Å². The highest BCUT2D eigenvalue weighted by Crippen LogP contribution is 2.40. The molecule has 2 aromatic carbocycles. The van der Waals surface area contributed by atoms with Gasteiger partial charge >= 0.3 is 0 Å². The molecule has 1 amide bonds. The number of aromatic nitrogens is 1. The molecule has 152 valence electrons. The Hall–Kier alpha value is -3.21. The number of Topliss-reactive ketones (excluding diaryl/α,β-unsaturated/α-hetero) is 1. The first-order chi connectivity index (χ1) is 14.7. The van der Waals surface area contributed by atoms with E-state index in [-0.39, 0.29) is 17.6 Å². The van der Waals surface area contributed by atoms with Crippen molar-refractivity contribution < 1.29 is 14.1 Å². The number of benzene rings is 2. The van der Waals surface area contributed by atoms with Gasteiger partial charge in [-0.1, -0.05) is 59.8 Å². The number of carbonyl (C=O) groups is 2. The number of rotatable bonds is 5. The lowest BCUT2D eigenvalue weighted by Crippen LogP contribution is -2.42. The third-order valence-corrected chi connectivity index (χ3v) is 6.08. The minimum atomic E-state index is -0.180. The van der Waals surface area contributed by atoms with E-state index in [1.54, 1.807) is 11.0 Å². The van der Waals surface area contributed by atoms with E-state index >= 15 is 0 Å². The summed E-state index contributed by atoms with van der Waals surface area (Å²) in [5, 5.41) is 3.97. The number of nitrogens with zero attached hydrogens (tertiary/aromatic N) is 2. The van der Waals surface area contributed by atoms with Gasteiger partial charge in [0.2, 0.25) is 0 Å². The lowest BCUT2D eigenvalue weighted by Gasteiger charge is -2.31. The summed E-state index contributed by atoms with van der Waals surface area (Å²) in [6.07, 6.45) is 3.82. The average Bonchev–Trinajstić information content (AvgIpc) is 3.55. The topological polar surface area (TPSA) is 63.4 Å². The normalized spacial score (nSPS) is 18.9. The molecular weight excluding hydrogens is 376 g/mol. The smallest absolute Gasteiger partial charge is 0.276 e. The molecule has 2 fully saturated rings. The van der Waals surface area contributed by atoms with Gasteiger partial charge in [-0.3, -0.25) is 9.59 Å². The maximum Gasteiger partial charge on any atom is 0.276 e. The summed E-state index contributed by atoms with van der Waals surface area (Å²) in [4.78, 5) is 27.7. The van der Waals surface area contributed by atoms with Crippen LogP contribution in [0.4, 0.5) is 0 Å². The Labute approximate surface area is 175 Å². The molecule has 2 aliphatic rings. The zero-order chi connectivity index (χ0) is 20.5. The molecule has 2 heterocycles. The van der Waals surface area contributed by atoms with E-state index in [2.05, 4.69) is 17.3 Å². The van der Waals surface area contributed by atoms with Crippen LogP contribution in [-0.2, 0) is 0 Å². The summed E-state index contributed by atoms with van der Waals surface area (Å²) >= 11 is 0. The SMILES string of the molecule is O=C(c1ccc(-c2ccccc2)cc1)[C@H]1CCCN(C(=O)c2cc(C3CC3)on2)C1. The van der Waals surface area contributed by atoms with Crippen LogP contribution < -0.4 is 0 Å². The highest BCUT2D eigenvalue weighted by molar-refractivity contribution is 5.99. The minimum absolute atomic E-state index is 0.103. The van der Waals surface area contributed by atoms with Crippen LogP contribution in [0, 0.1) is 5.92 Å². The largest absolute Gasteiger partial charge is 0.360 e. The molecule has 1 aromatic heterocycles. The summed E-state index contributed by atoms with van der Waals surface area (Å²) in [6, 6.07) is 19.6. The highest BCUT2D eigenvalue weighted by atomic mass is 16.5. The maximum absolute atomic E-state index is 13.1. The zero-order valence-corrected chi connectivity index (χ0v) is 16.8. The molecule has 1 saturated heterocycles. The van der Waals surface area contributed by atoms with Gasteiger partial charge in [-0.15, -0.1) is 0 Å². The van der Waals surface area contributed by atoms with Crippen LogP contribution in [0.15, 0.2) is 65.2 Å². The van der Waals surface area contributed by atoms with E-state index < -0.39 is 0 Å². The van der Waals surface area contributed by atoms with Crippen LogP contribution in [-0.4, -0.2) is 34.8 Å². The number of ketones is 1. The third-order valence-electron chi connectivity index (χ3n) is 6.08. The van der Waals surface area contributed by atoms with Crippen molar-refractivity contribution in [1.29, 1.82) is 0 Å². The molecule has 5 rings (SSSR count). The molecule has 1 aliphatic carbocycles. The molecule has 1 saturated carbocycles. The van der Waals surface area contributed by atoms with Crippen molar-refractivity contribution in [2.45, 2.75) is 31.6 Å². The van der Waals surface area contributed by atoms with Gasteiger partial charge in [0.25, 0.3) is 5.91 Å². The number of hydrogen-bond donors (Lipinski definition) is 0. The summed E-state index contributed by atoms with van der Waals surface area (Å²) in [6.45, 7) is 1.09. The van der Waals surface area contributed by atoms with Crippen LogP contribution in [0.2, 0.25) is 0 Å². The molecule has 0 unspecified atom stereocenters. The Bertz CT molecular complexity index is 1050. The number of carbonyl (C=O) groups excluding carboxylic acids is 2. The first-order valence-electron chi connectivity index (χ1n) is 10.6. The Morgan fingerprint density at radius 1 is 0.933 bits per heavy atom. The lowest BCUT2D eigenvalue weighted by atomic mass is 9.89. The fraction of sp³-hybridized carbons (Fsp3) is 0.320. The fourth-order valence-electron chi connectivity index (χ4n) is 4.18. The predicted molar refractivity (Wildman–Crippen MR) is 113 cm³/mol. The lowest BCUT2D eigenvalue weighted by molar-refractivity contribution is 0.0628. The quantitative estimate of drug-likeness (QED) is 0.568. The van der Waals surface area contributed by atoms with Crippen LogP contribution in [0.25, 0.3) is 11.1 Å². The summed E-state index contributed by atoms with van der Waals surface area (Å²) in [5.74, 6) is 1.02. The van der Waals surface area contributed by atoms with Gasteiger partial charge in [-0.05, 0) is 36.8 Å². The van der Waals surface area contributed by atoms with E-state index in [4.69, 9.17) is 4.52 Å². The van der Waals surface area contributed by atoms with Crippen molar-refractivity contribution in [2.24, 2.45) is 5.92 Å². The molecule has 5 heteroatoms. The van der Waals surface area contributed by atoms with Gasteiger partial charge in [0.05, 0.1) is 0 Å². The summed E-state index contributed by atoms with van der Waals surface area (Å²) in [5.41, 5.74) is 3.28. The Kier molecular flexibility index (Phi) is 4.95. The molecule has 3 aromatic rings. The Morgan fingerprint density at radius 2 is 1.67 bits per heavy atom. The van der Waals surface area contributed by atoms with Gasteiger partial charge in [-0.2, -0.15) is 0 Å². The van der Waals surface area contributed by atoms with Crippen LogP contribution in [0.3, 0.4) is 0 Å². The van der Waals surface area contributed by atoms with Gasteiger partial charge in [0, 0.05) is 36.6 Å². The van der Waals surface area contributed by atoms with Gasteiger partial charge in [-0.25, -0.2) is 0 Å². The number of hydrogen-bond acceptors (Lipinski definition) is 4. The van der Waals surface area contributed by atoms with Gasteiger partial charge in [0.1, 0.15) is 5.76 Å². The highest BCUT2D eigenvalue weighted by Gasteiger charge is 2.33. The molecular formula is C25H24N2O3. The second-order valence-corrected chi connectivity index (χ2v) is 8.29. The Morgan fingerprint density at radius 3 is 2.40 bits per heavy atom. The minimum Gasteiger partial charge on any atom is -0.360 e. The standard InChI is InChI=1S/C25H24N2O3/c28-24(20-12-8-18(9-13-20)17-5-2-1-3-6-17)21-7-4-14-27(16-21)25(29)22-15-23(30-26-22)19-10-11-19/h1-3,5-6,8-9,12-13,15,19,21H,4,7,10-11,14,16H2/t21-/m0/s1. The molecule has 0 radical (unpaired) electrons. The van der Waals surface area contributed by atoms with E-state index in [0.717, 1.165) is 42.6 Å². The van der Waals surface area contributed by atoms with Crippen LogP contribution in [0.1, 0.15) is 58.2 Å². The molecule has 1 atom stereocenters. The Balaban J connectivity index is 1.27. The third kappa shape index (κ3) is 3.80. The first-order valence-corrected chi connectivity index (χ1v) is 10.6. The number of piperidine rings is 1. The van der Waals surface area contributed by atoms with Gasteiger partial charge in [0.15, 0.2) is 11.5 Å². The molecule has 5 nitrogen and oxygen atoms in total. The van der Waals surface area contributed by atoms with Crippen molar-refractivity contribution in [2.75, 3.05) is 13.1 Å². The van der Waals surface area contributed by atoms with Crippen molar-refractivity contribution in [3.8, 4) is 11.1 Å².